The van der Waals surface area contributed by atoms with Gasteiger partial charge >= 0.3 is 26.8 Å². The maximum absolute atomic E-state index is 12.4. The first-order chi connectivity index (χ1) is 13.3. The lowest BCUT2D eigenvalue weighted by molar-refractivity contribution is -0.266. The summed E-state index contributed by atoms with van der Waals surface area (Å²) in [5.74, 6) is -0.563. The van der Waals surface area contributed by atoms with Gasteiger partial charge in [-0.15, -0.1) is 0 Å². The predicted molar refractivity (Wildman–Crippen MR) is 91.6 cm³/mol. The fourth-order valence-corrected chi connectivity index (χ4v) is 3.55. The molecule has 0 saturated carbocycles. The van der Waals surface area contributed by atoms with Crippen LogP contribution in [0.25, 0.3) is 0 Å². The van der Waals surface area contributed by atoms with Gasteiger partial charge in [-0.1, -0.05) is 0 Å². The van der Waals surface area contributed by atoms with Crippen molar-refractivity contribution in [2.45, 2.75) is 37.6 Å². The Bertz CT molecular complexity index is 925. The highest BCUT2D eigenvalue weighted by Gasteiger charge is 2.51. The maximum atomic E-state index is 12.4. The topological polar surface area (TPSA) is 192 Å². The van der Waals surface area contributed by atoms with E-state index in [0.717, 1.165) is 0 Å². The van der Waals surface area contributed by atoms with Crippen LogP contribution in [-0.2, 0) is 38.6 Å². The van der Waals surface area contributed by atoms with Gasteiger partial charge in [-0.05, 0) is 31.2 Å². The van der Waals surface area contributed by atoms with Crippen LogP contribution in [0.4, 0.5) is 0 Å². The van der Waals surface area contributed by atoms with Crippen LogP contribution in [0.5, 0.6) is 5.75 Å². The number of benzene rings is 1. The first kappa shape index (κ1) is 23.4. The molecule has 0 unspecified atom stereocenters. The van der Waals surface area contributed by atoms with E-state index in [4.69, 9.17) is 23.3 Å². The molecule has 1 aliphatic rings. The van der Waals surface area contributed by atoms with Crippen LogP contribution >= 0.6 is 0 Å². The van der Waals surface area contributed by atoms with E-state index in [-0.39, 0.29) is 5.56 Å². The molecular formula is C14H18O13S2. The van der Waals surface area contributed by atoms with E-state index in [9.17, 15) is 26.7 Å². The average Bonchev–Trinajstić information content (AvgIpc) is 2.59. The molecule has 15 heteroatoms. The van der Waals surface area contributed by atoms with Gasteiger partial charge in [0.1, 0.15) is 5.75 Å². The molecule has 5 atom stereocenters. The van der Waals surface area contributed by atoms with E-state index < -0.39 is 57.5 Å². The van der Waals surface area contributed by atoms with Crippen molar-refractivity contribution in [3.8, 4) is 5.75 Å². The molecule has 13 nitrogen and oxygen atoms in total. The third-order valence-electron chi connectivity index (χ3n) is 3.78. The van der Waals surface area contributed by atoms with Crippen molar-refractivity contribution in [3.63, 3.8) is 0 Å². The molecule has 3 N–H and O–H groups in total. The predicted octanol–water partition coefficient (Wildman–Crippen LogP) is -0.666. The molecule has 0 bridgehead atoms. The Kier molecular flexibility index (Phi) is 7.18. The van der Waals surface area contributed by atoms with Crippen LogP contribution < -0.4 is 4.74 Å². The number of ether oxygens (including phenoxy) is 3. The molecular weight excluding hydrogens is 440 g/mol. The number of rotatable bonds is 7. The minimum Gasteiger partial charge on any atom is -0.497 e. The quantitative estimate of drug-likeness (QED) is 0.344. The van der Waals surface area contributed by atoms with Gasteiger partial charge in [0.2, 0.25) is 0 Å². The van der Waals surface area contributed by atoms with Gasteiger partial charge in [-0.2, -0.15) is 16.8 Å². The lowest BCUT2D eigenvalue weighted by Gasteiger charge is -2.41. The summed E-state index contributed by atoms with van der Waals surface area (Å²) in [6.07, 6.45) is -9.32. The molecule has 0 amide bonds. The molecule has 2 rings (SSSR count). The summed E-state index contributed by atoms with van der Waals surface area (Å²) in [5.41, 5.74) is 0.00183. The highest BCUT2D eigenvalue weighted by molar-refractivity contribution is 7.81. The summed E-state index contributed by atoms with van der Waals surface area (Å²) in [7, 11) is -9.05. The SMILES string of the molecule is COc1ccc(C(=O)O[C@@H]2[C@@H](OS(=O)(=O)O)[C@@H](OS(=O)(=O)O)[C@H](O)O[C@H]2C)cc1. The Labute approximate surface area is 166 Å². The Morgan fingerprint density at radius 3 is 1.97 bits per heavy atom. The third kappa shape index (κ3) is 6.58. The molecule has 164 valence electrons. The molecule has 0 aliphatic carbocycles. The monoisotopic (exact) mass is 458 g/mol. The fourth-order valence-electron chi connectivity index (χ4n) is 2.57. The van der Waals surface area contributed by atoms with Crippen molar-refractivity contribution in [2.75, 3.05) is 7.11 Å². The summed E-state index contributed by atoms with van der Waals surface area (Å²) in [5, 5.41) is 9.86. The summed E-state index contributed by atoms with van der Waals surface area (Å²) in [4.78, 5) is 12.4. The smallest absolute Gasteiger partial charge is 0.397 e. The van der Waals surface area contributed by atoms with Gasteiger partial charge < -0.3 is 19.3 Å². The minimum absolute atomic E-state index is 0.00183. The van der Waals surface area contributed by atoms with E-state index in [1.807, 2.05) is 0 Å². The molecule has 0 aromatic heterocycles. The van der Waals surface area contributed by atoms with Gasteiger partial charge in [0.05, 0.1) is 18.8 Å². The number of esters is 1. The maximum Gasteiger partial charge on any atom is 0.397 e. The lowest BCUT2D eigenvalue weighted by Crippen LogP contribution is -2.60. The third-order valence-corrected chi connectivity index (χ3v) is 4.71. The minimum atomic E-state index is -5.23. The molecule has 29 heavy (non-hydrogen) atoms. The fraction of sp³-hybridized carbons (Fsp3) is 0.500. The zero-order valence-corrected chi connectivity index (χ0v) is 16.6. The molecule has 1 aromatic carbocycles. The number of carbonyl (C=O) groups is 1. The summed E-state index contributed by atoms with van der Waals surface area (Å²) in [6.45, 7) is 1.25. The Morgan fingerprint density at radius 1 is 0.966 bits per heavy atom. The summed E-state index contributed by atoms with van der Waals surface area (Å²) in [6, 6.07) is 5.54. The standard InChI is InChI=1S/C14H18O13S2/c1-7-10(25-13(15)8-3-5-9(23-2)6-4-8)11(26-28(17,18)19)12(14(16)24-7)27-29(20,21)22/h3-7,10-12,14,16H,1-2H3,(H,17,18,19)(H,20,21,22)/t7-,10-,11+,12+,14+/m0/s1. The number of carbonyl (C=O) groups excluding carboxylic acids is 1. The number of hydrogen-bond acceptors (Lipinski definition) is 11. The van der Waals surface area contributed by atoms with Crippen molar-refractivity contribution in [2.24, 2.45) is 0 Å². The highest BCUT2D eigenvalue weighted by atomic mass is 32.3. The van der Waals surface area contributed by atoms with Gasteiger partial charge in [0.15, 0.2) is 24.6 Å². The molecule has 1 heterocycles. The van der Waals surface area contributed by atoms with E-state index in [1.54, 1.807) is 0 Å². The first-order valence-electron chi connectivity index (χ1n) is 7.80. The molecule has 0 spiro atoms. The second-order valence-corrected chi connectivity index (χ2v) is 7.90. The molecule has 1 aromatic rings. The van der Waals surface area contributed by atoms with E-state index >= 15 is 0 Å². The largest absolute Gasteiger partial charge is 0.497 e. The van der Waals surface area contributed by atoms with Crippen LogP contribution in [-0.4, -0.2) is 74.8 Å². The van der Waals surface area contributed by atoms with Gasteiger partial charge in [0, 0.05) is 0 Å². The van der Waals surface area contributed by atoms with Crippen molar-refractivity contribution in [3.05, 3.63) is 29.8 Å². The second kappa shape index (κ2) is 8.88. The van der Waals surface area contributed by atoms with Crippen LogP contribution in [0.1, 0.15) is 17.3 Å². The van der Waals surface area contributed by atoms with Crippen LogP contribution in [0, 0.1) is 0 Å². The number of methoxy groups -OCH3 is 1. The van der Waals surface area contributed by atoms with Crippen LogP contribution in [0.2, 0.25) is 0 Å². The molecule has 1 saturated heterocycles. The Balaban J connectivity index is 2.34. The van der Waals surface area contributed by atoms with Crippen molar-refractivity contribution >= 4 is 26.8 Å². The lowest BCUT2D eigenvalue weighted by atomic mass is 9.99. The summed E-state index contributed by atoms with van der Waals surface area (Å²) >= 11 is 0. The van der Waals surface area contributed by atoms with E-state index in [0.29, 0.717) is 5.75 Å². The van der Waals surface area contributed by atoms with Gasteiger partial charge in [-0.3, -0.25) is 9.11 Å². The first-order valence-corrected chi connectivity index (χ1v) is 10.5. The van der Waals surface area contributed by atoms with Crippen molar-refractivity contribution < 1.29 is 58.4 Å². The van der Waals surface area contributed by atoms with Crippen LogP contribution in [0.15, 0.2) is 24.3 Å². The summed E-state index contributed by atoms with van der Waals surface area (Å²) < 4.78 is 85.9. The van der Waals surface area contributed by atoms with E-state index in [2.05, 4.69) is 8.37 Å². The van der Waals surface area contributed by atoms with Gasteiger partial charge in [-0.25, -0.2) is 13.2 Å². The zero-order valence-electron chi connectivity index (χ0n) is 14.9. The van der Waals surface area contributed by atoms with Crippen LogP contribution in [0.3, 0.4) is 0 Å². The van der Waals surface area contributed by atoms with Gasteiger partial charge in [0.25, 0.3) is 0 Å². The number of aliphatic hydroxyl groups is 1. The Hall–Kier alpha value is -1.85. The van der Waals surface area contributed by atoms with Crippen molar-refractivity contribution in [1.29, 1.82) is 0 Å². The molecule has 0 radical (unpaired) electrons. The normalized spacial score (nSPS) is 28.0. The Morgan fingerprint density at radius 2 is 1.48 bits per heavy atom. The second-order valence-electron chi connectivity index (χ2n) is 5.81. The molecule has 1 aliphatic heterocycles. The zero-order chi connectivity index (χ0) is 22.0. The van der Waals surface area contributed by atoms with Crippen molar-refractivity contribution in [1.82, 2.24) is 0 Å². The number of hydrogen-bond donors (Lipinski definition) is 3. The highest BCUT2D eigenvalue weighted by Crippen LogP contribution is 2.29. The van der Waals surface area contributed by atoms with E-state index in [1.165, 1.54) is 38.3 Å². The molecule has 1 fully saturated rings. The average molecular weight is 458 g/mol. The number of aliphatic hydroxyl groups excluding tert-OH is 1.